The summed E-state index contributed by atoms with van der Waals surface area (Å²) in [5.74, 6) is -1.26. The van der Waals surface area contributed by atoms with Gasteiger partial charge in [-0.3, -0.25) is 9.20 Å². The monoisotopic (exact) mass is 459 g/mol. The number of nitrogens with two attached hydrogens (primary N) is 2. The molecule has 2 atom stereocenters. The lowest BCUT2D eigenvalue weighted by molar-refractivity contribution is -0.112. The van der Waals surface area contributed by atoms with Gasteiger partial charge in [-0.25, -0.2) is 9.97 Å². The molecule has 0 saturated carbocycles. The van der Waals surface area contributed by atoms with Crippen molar-refractivity contribution in [1.82, 2.24) is 14.4 Å². The number of primary amides is 1. The molecule has 2 aromatic heterocycles. The number of nitrogens with zero attached hydrogens (tertiary/aromatic N) is 3. The second-order valence-corrected chi connectivity index (χ2v) is 8.88. The number of aryl methyl sites for hydroxylation is 2. The third-order valence-electron chi connectivity index (χ3n) is 6.18. The van der Waals surface area contributed by atoms with Crippen molar-refractivity contribution in [3.63, 3.8) is 0 Å². The zero-order chi connectivity index (χ0) is 23.5. The van der Waals surface area contributed by atoms with Crippen molar-refractivity contribution in [3.05, 3.63) is 63.5 Å². The van der Waals surface area contributed by atoms with Gasteiger partial charge < -0.3 is 16.6 Å². The van der Waals surface area contributed by atoms with Gasteiger partial charge in [-0.1, -0.05) is 15.3 Å². The summed E-state index contributed by atoms with van der Waals surface area (Å²) in [5.41, 5.74) is 11.8. The molecule has 32 heavy (non-hydrogen) atoms. The van der Waals surface area contributed by atoms with Gasteiger partial charge >= 0.3 is 5.66 Å². The minimum Gasteiger partial charge on any atom is -0.508 e. The highest BCUT2D eigenvalue weighted by Gasteiger charge is 2.42. The molecule has 0 radical (unpaired) electrons. The van der Waals surface area contributed by atoms with E-state index in [4.69, 9.17) is 11.5 Å². The molecule has 10 heteroatoms. The predicted molar refractivity (Wildman–Crippen MR) is 120 cm³/mol. The van der Waals surface area contributed by atoms with Crippen LogP contribution in [0, 0.1) is 20.8 Å². The van der Waals surface area contributed by atoms with Crippen LogP contribution in [0.4, 0.5) is 8.78 Å². The van der Waals surface area contributed by atoms with Crippen LogP contribution in [0.5, 0.6) is 5.75 Å². The number of halogens is 2. The predicted octanol–water partition coefficient (Wildman–Crippen LogP) is 3.17. The number of aromatic nitrogens is 3. The van der Waals surface area contributed by atoms with E-state index in [9.17, 15) is 18.7 Å². The molecule has 7 nitrogen and oxygen atoms in total. The third-order valence-corrected chi connectivity index (χ3v) is 6.46. The van der Waals surface area contributed by atoms with Gasteiger partial charge in [0.05, 0.1) is 11.3 Å². The lowest BCUT2D eigenvalue weighted by Gasteiger charge is -2.20. The maximum atomic E-state index is 14.6. The second-order valence-electron chi connectivity index (χ2n) is 8.16. The van der Waals surface area contributed by atoms with E-state index in [-0.39, 0.29) is 28.2 Å². The second kappa shape index (κ2) is 7.52. The average molecular weight is 459 g/mol. The van der Waals surface area contributed by atoms with Gasteiger partial charge in [0.15, 0.2) is 5.65 Å². The van der Waals surface area contributed by atoms with E-state index < -0.39 is 23.2 Å². The molecule has 2 heterocycles. The van der Waals surface area contributed by atoms with Crippen LogP contribution in [0.2, 0.25) is 0 Å². The van der Waals surface area contributed by atoms with E-state index in [1.807, 2.05) is 19.9 Å². The van der Waals surface area contributed by atoms with Crippen LogP contribution in [-0.4, -0.2) is 25.4 Å². The molecule has 5 N–H and O–H groups in total. The van der Waals surface area contributed by atoms with E-state index in [2.05, 4.69) is 9.97 Å². The van der Waals surface area contributed by atoms with Crippen molar-refractivity contribution in [2.75, 3.05) is 0 Å². The Bertz CT molecular complexity index is 1310. The molecule has 3 aromatic rings. The van der Waals surface area contributed by atoms with Crippen LogP contribution in [0.25, 0.3) is 11.2 Å². The Morgan fingerprint density at radius 1 is 1.31 bits per heavy atom. The summed E-state index contributed by atoms with van der Waals surface area (Å²) in [6, 6.07) is 3.46. The highest BCUT2D eigenvalue weighted by molar-refractivity contribution is 7.17. The van der Waals surface area contributed by atoms with Crippen molar-refractivity contribution < 1.29 is 18.7 Å². The molecule has 0 spiro atoms. The van der Waals surface area contributed by atoms with Crippen molar-refractivity contribution in [1.29, 1.82) is 0 Å². The first-order valence-electron chi connectivity index (χ1n) is 10.1. The average Bonchev–Trinajstić information content (AvgIpc) is 3.21. The molecule has 1 aliphatic carbocycles. The first-order valence-corrected chi connectivity index (χ1v) is 10.6. The number of amides is 1. The van der Waals surface area contributed by atoms with E-state index in [1.54, 1.807) is 17.4 Å². The Hall–Kier alpha value is -3.06. The SMILES string of the molecule is Cc1ccc(O)c(C)c1CCC1C(N)=C(C(N)=O)c2c(C(F)(F)P)nc3c(C)ncn3c21. The first-order chi connectivity index (χ1) is 14.9. The lowest BCUT2D eigenvalue weighted by Crippen LogP contribution is -2.19. The normalized spacial score (nSPS) is 16.1. The molecule has 2 unspecified atom stereocenters. The van der Waals surface area contributed by atoms with Gasteiger partial charge in [-0.15, -0.1) is 0 Å². The number of imidazole rings is 1. The zero-order valence-electron chi connectivity index (χ0n) is 17.9. The number of carbonyl (C=O) groups is 1. The van der Waals surface area contributed by atoms with Crippen LogP contribution in [0.1, 0.15) is 51.7 Å². The fourth-order valence-corrected chi connectivity index (χ4v) is 4.76. The smallest absolute Gasteiger partial charge is 0.300 e. The Labute approximate surface area is 185 Å². The number of alkyl halides is 2. The van der Waals surface area contributed by atoms with Crippen molar-refractivity contribution in [2.24, 2.45) is 11.5 Å². The maximum absolute atomic E-state index is 14.6. The fraction of sp³-hybridized carbons (Fsp3) is 0.318. The molecule has 0 fully saturated rings. The molecule has 0 saturated heterocycles. The van der Waals surface area contributed by atoms with E-state index in [0.717, 1.165) is 16.7 Å². The van der Waals surface area contributed by atoms with E-state index in [0.29, 0.717) is 24.2 Å². The molecule has 1 amide bonds. The molecule has 168 valence electrons. The number of allylic oxidation sites excluding steroid dienone is 1. The summed E-state index contributed by atoms with van der Waals surface area (Å²) in [5, 5.41) is 10.1. The van der Waals surface area contributed by atoms with Crippen LogP contribution >= 0.6 is 9.24 Å². The summed E-state index contributed by atoms with van der Waals surface area (Å²) in [6.07, 6.45) is 2.42. The number of carbonyl (C=O) groups excluding carboxylic acids is 1. The van der Waals surface area contributed by atoms with Crippen molar-refractivity contribution >= 4 is 26.4 Å². The molecule has 0 bridgehead atoms. The van der Waals surface area contributed by atoms with E-state index >= 15 is 0 Å². The van der Waals surface area contributed by atoms with Gasteiger partial charge in [0.25, 0.3) is 5.91 Å². The van der Waals surface area contributed by atoms with Gasteiger partial charge in [0.1, 0.15) is 17.8 Å². The fourth-order valence-electron chi connectivity index (χ4n) is 4.55. The Morgan fingerprint density at radius 3 is 2.62 bits per heavy atom. The number of hydrogen-bond acceptors (Lipinski definition) is 5. The largest absolute Gasteiger partial charge is 0.508 e. The number of hydrogen-bond donors (Lipinski definition) is 3. The quantitative estimate of drug-likeness (QED) is 0.507. The molecule has 1 aliphatic rings. The lowest BCUT2D eigenvalue weighted by atomic mass is 9.91. The number of rotatable bonds is 5. The highest BCUT2D eigenvalue weighted by Crippen LogP contribution is 2.48. The Kier molecular flexibility index (Phi) is 5.20. The minimum atomic E-state index is -3.41. The highest BCUT2D eigenvalue weighted by atomic mass is 31.0. The molecule has 1 aromatic carbocycles. The first kappa shape index (κ1) is 22.1. The Morgan fingerprint density at radius 2 is 2.00 bits per heavy atom. The molecular formula is C22H24F2N5O2P. The number of benzene rings is 1. The Balaban J connectivity index is 1.93. The summed E-state index contributed by atoms with van der Waals surface area (Å²) in [7, 11) is 1.47. The maximum Gasteiger partial charge on any atom is 0.300 e. The van der Waals surface area contributed by atoms with Gasteiger partial charge in [-0.05, 0) is 56.4 Å². The van der Waals surface area contributed by atoms with Gasteiger partial charge in [-0.2, -0.15) is 8.78 Å². The molecule has 0 aliphatic heterocycles. The van der Waals surface area contributed by atoms with E-state index in [1.165, 1.54) is 15.6 Å². The topological polar surface area (TPSA) is 120 Å². The molecule has 4 rings (SSSR count). The zero-order valence-corrected chi connectivity index (χ0v) is 19.1. The summed E-state index contributed by atoms with van der Waals surface area (Å²) in [4.78, 5) is 20.7. The van der Waals surface area contributed by atoms with Crippen LogP contribution in [0.15, 0.2) is 24.2 Å². The molecular weight excluding hydrogens is 435 g/mol. The minimum absolute atomic E-state index is 0.0331. The van der Waals surface area contributed by atoms with Crippen LogP contribution in [0.3, 0.4) is 0 Å². The van der Waals surface area contributed by atoms with Crippen LogP contribution in [-0.2, 0) is 16.9 Å². The number of fused-ring (bicyclic) bond motifs is 3. The summed E-state index contributed by atoms with van der Waals surface area (Å²) >= 11 is 0. The summed E-state index contributed by atoms with van der Waals surface area (Å²) in [6.45, 7) is 5.43. The van der Waals surface area contributed by atoms with Crippen molar-refractivity contribution in [2.45, 2.75) is 45.2 Å². The number of phenols is 1. The number of phenolic OH excluding ortho intramolecular Hbond substituents is 1. The standard InChI is InChI=1S/C22H24F2N5O2P/c1-9-4-7-14(30)10(2)12(9)5-6-13-17(25)15(20(26)31)16-18(13)29-8-27-11(3)21(29)28-19(16)22(23,24)32/h4,7-8,13,30H,5-6,25,32H2,1-3H3,(H2,26,31). The van der Waals surface area contributed by atoms with Crippen molar-refractivity contribution in [3.8, 4) is 5.75 Å². The number of aromatic hydroxyl groups is 1. The van der Waals surface area contributed by atoms with Crippen LogP contribution < -0.4 is 11.5 Å². The summed E-state index contributed by atoms with van der Waals surface area (Å²) < 4.78 is 30.8. The van der Waals surface area contributed by atoms with Gasteiger partial charge in [0, 0.05) is 22.9 Å². The third kappa shape index (κ3) is 3.32. The van der Waals surface area contributed by atoms with Gasteiger partial charge in [0.2, 0.25) is 0 Å².